The van der Waals surface area contributed by atoms with Gasteiger partial charge < -0.3 is 9.64 Å². The van der Waals surface area contributed by atoms with E-state index >= 15 is 0 Å². The molecule has 0 atom stereocenters. The van der Waals surface area contributed by atoms with Gasteiger partial charge in [-0.25, -0.2) is 10.9 Å². The van der Waals surface area contributed by atoms with Crippen LogP contribution in [0.25, 0.3) is 16.7 Å². The number of fused-ring (bicyclic) bond motifs is 1. The van der Waals surface area contributed by atoms with Crippen LogP contribution in [0.2, 0.25) is 0 Å². The van der Waals surface area contributed by atoms with E-state index in [1.165, 1.54) is 11.3 Å². The number of carbonyl (C=O) groups is 1. The van der Waals surface area contributed by atoms with Gasteiger partial charge in [0.25, 0.3) is 11.5 Å². The predicted octanol–water partition coefficient (Wildman–Crippen LogP) is 1.44. The molecule has 4 rings (SSSR count). The number of methoxy groups -OCH3 is 1. The molecule has 0 bridgehead atoms. The van der Waals surface area contributed by atoms with Crippen molar-refractivity contribution in [3.05, 3.63) is 49.4 Å². The van der Waals surface area contributed by atoms with Crippen molar-refractivity contribution in [1.29, 1.82) is 0 Å². The number of nitrogens with zero attached hydrogens (tertiary/aromatic N) is 3. The summed E-state index contributed by atoms with van der Waals surface area (Å²) in [5.74, 6) is 6.13. The third-order valence-electron chi connectivity index (χ3n) is 4.98. The third kappa shape index (κ3) is 3.20. The average molecular weight is 461 g/mol. The number of rotatable bonds is 3. The molecule has 2 N–H and O–H groups in total. The second-order valence-electron chi connectivity index (χ2n) is 6.55. The lowest BCUT2D eigenvalue weighted by atomic mass is 10.1. The van der Waals surface area contributed by atoms with Crippen LogP contribution < -0.4 is 30.2 Å². The molecule has 0 radical (unpaired) electrons. The number of anilines is 1. The van der Waals surface area contributed by atoms with Crippen LogP contribution in [-0.2, 0) is 11.3 Å². The minimum atomic E-state index is -0.381. The van der Waals surface area contributed by atoms with E-state index in [1.807, 2.05) is 44.2 Å². The number of thiocarbonyl (C=S) groups is 1. The van der Waals surface area contributed by atoms with E-state index in [-0.39, 0.29) is 15.8 Å². The van der Waals surface area contributed by atoms with E-state index in [0.717, 1.165) is 39.5 Å². The normalized spacial score (nSPS) is 19.6. The molecule has 1 saturated heterocycles. The number of thiazole rings is 1. The summed E-state index contributed by atoms with van der Waals surface area (Å²) in [7, 11) is 1.64. The first-order valence-corrected chi connectivity index (χ1v) is 11.4. The Labute approximate surface area is 186 Å². The number of carbonyl (C=O) groups excluding carboxylic acids is 1. The first-order valence-electron chi connectivity index (χ1n) is 9.34. The molecule has 2 aliphatic rings. The number of ether oxygens (including phenoxy) is 1. The van der Waals surface area contributed by atoms with Gasteiger partial charge in [0.15, 0.2) is 4.32 Å². The zero-order valence-electron chi connectivity index (χ0n) is 16.7. The molecule has 0 aliphatic carbocycles. The number of hydrazine groups is 1. The highest BCUT2D eigenvalue weighted by Gasteiger charge is 2.32. The molecule has 1 fully saturated rings. The van der Waals surface area contributed by atoms with Crippen LogP contribution in [0, 0.1) is 0 Å². The number of benzene rings is 1. The Balaban J connectivity index is 2.00. The van der Waals surface area contributed by atoms with Crippen molar-refractivity contribution >= 4 is 67.9 Å². The summed E-state index contributed by atoms with van der Waals surface area (Å²) in [5.41, 5.74) is 2.70. The molecule has 10 heteroatoms. The number of hydrogen-bond donors (Lipinski definition) is 1. The van der Waals surface area contributed by atoms with Crippen molar-refractivity contribution in [2.45, 2.75) is 20.4 Å². The topological polar surface area (TPSA) is 80.8 Å². The van der Waals surface area contributed by atoms with Gasteiger partial charge in [0, 0.05) is 24.3 Å². The van der Waals surface area contributed by atoms with Gasteiger partial charge >= 0.3 is 0 Å². The highest BCUT2D eigenvalue weighted by atomic mass is 32.2. The highest BCUT2D eigenvalue weighted by Crippen LogP contribution is 2.33. The molecule has 0 unspecified atom stereocenters. The monoisotopic (exact) mass is 460 g/mol. The summed E-state index contributed by atoms with van der Waals surface area (Å²) in [6, 6.07) is 5.86. The molecule has 1 amide bonds. The first kappa shape index (κ1) is 20.9. The lowest BCUT2D eigenvalue weighted by Gasteiger charge is -2.29. The van der Waals surface area contributed by atoms with Crippen molar-refractivity contribution < 1.29 is 9.53 Å². The maximum atomic E-state index is 13.3. The van der Waals surface area contributed by atoms with Crippen molar-refractivity contribution in [2.24, 2.45) is 5.84 Å². The van der Waals surface area contributed by atoms with Crippen LogP contribution in [0.1, 0.15) is 19.4 Å². The molecule has 3 heterocycles. The Morgan fingerprint density at radius 3 is 2.53 bits per heavy atom. The van der Waals surface area contributed by atoms with Gasteiger partial charge in [-0.2, -0.15) is 0 Å². The standard InChI is InChI=1S/C20H20N4O3S3/c1-4-22-13-9-7-12(27-3)10-11(13)6-8-14(22)15-17(25)23(5-2)19(29-15)16-18(26)24(21)20(28)30-16/h6-10H,4-5,21H2,1-3H3/b15-14-,19-16-. The largest absolute Gasteiger partial charge is 0.497 e. The summed E-state index contributed by atoms with van der Waals surface area (Å²) < 4.78 is 8.38. The number of likely N-dealkylation sites (N-methyl/N-ethyl adjacent to an activating group) is 1. The van der Waals surface area contributed by atoms with Crippen LogP contribution in [-0.4, -0.2) is 33.5 Å². The molecule has 2 aromatic rings. The van der Waals surface area contributed by atoms with Crippen LogP contribution in [0.4, 0.5) is 5.69 Å². The Morgan fingerprint density at radius 2 is 1.93 bits per heavy atom. The van der Waals surface area contributed by atoms with Gasteiger partial charge in [-0.05, 0) is 49.9 Å². The van der Waals surface area contributed by atoms with Crippen molar-refractivity contribution in [3.63, 3.8) is 0 Å². The van der Waals surface area contributed by atoms with Crippen LogP contribution in [0.15, 0.2) is 29.1 Å². The second-order valence-corrected chi connectivity index (χ2v) is 9.19. The molecule has 1 aromatic carbocycles. The first-order chi connectivity index (χ1) is 14.4. The number of aromatic nitrogens is 1. The zero-order chi connectivity index (χ0) is 21.6. The fraction of sp³-hybridized carbons (Fsp3) is 0.250. The lowest BCUT2D eigenvalue weighted by Crippen LogP contribution is -2.37. The summed E-state index contributed by atoms with van der Waals surface area (Å²) in [5, 5.41) is 0.953. The molecule has 30 heavy (non-hydrogen) atoms. The zero-order valence-corrected chi connectivity index (χ0v) is 19.1. The minimum absolute atomic E-state index is 0.130. The van der Waals surface area contributed by atoms with Crippen LogP contribution in [0.3, 0.4) is 0 Å². The molecule has 0 saturated carbocycles. The van der Waals surface area contributed by atoms with Crippen molar-refractivity contribution in [3.8, 4) is 5.75 Å². The average Bonchev–Trinajstić information content (AvgIpc) is 3.22. The summed E-state index contributed by atoms with van der Waals surface area (Å²) in [6.07, 6.45) is 3.92. The Morgan fingerprint density at radius 1 is 1.17 bits per heavy atom. The summed E-state index contributed by atoms with van der Waals surface area (Å²) in [4.78, 5) is 28.3. The molecular weight excluding hydrogens is 440 g/mol. The van der Waals surface area contributed by atoms with E-state index in [0.29, 0.717) is 27.2 Å². The van der Waals surface area contributed by atoms with Gasteiger partial charge in [-0.15, -0.1) is 11.3 Å². The van der Waals surface area contributed by atoms with Crippen molar-refractivity contribution in [1.82, 2.24) is 9.58 Å². The summed E-state index contributed by atoms with van der Waals surface area (Å²) >= 11 is 7.57. The Bertz CT molecular complexity index is 1280. The lowest BCUT2D eigenvalue weighted by molar-refractivity contribution is -0.120. The van der Waals surface area contributed by atoms with E-state index < -0.39 is 0 Å². The molecule has 2 aliphatic heterocycles. The molecule has 0 spiro atoms. The quantitative estimate of drug-likeness (QED) is 0.422. The molecule has 7 nitrogen and oxygen atoms in total. The number of thioether (sulfide) groups is 1. The van der Waals surface area contributed by atoms with Gasteiger partial charge in [-0.3, -0.25) is 14.2 Å². The smallest absolute Gasteiger partial charge is 0.283 e. The van der Waals surface area contributed by atoms with Crippen LogP contribution in [0.5, 0.6) is 5.75 Å². The van der Waals surface area contributed by atoms with Crippen LogP contribution >= 0.6 is 35.3 Å². The van der Waals surface area contributed by atoms with Gasteiger partial charge in [-0.1, -0.05) is 18.3 Å². The fourth-order valence-electron chi connectivity index (χ4n) is 3.50. The molecule has 156 valence electrons. The molecular formula is C20H20N4O3S3. The van der Waals surface area contributed by atoms with Gasteiger partial charge in [0.05, 0.1) is 12.8 Å². The minimum Gasteiger partial charge on any atom is -0.497 e. The SMILES string of the molecule is CCN1/C(=c2\s/c(=C3\SC(=S)N(N)C3=O)n(CC)c2=O)C=Cc2cc(OC)ccc21. The fourth-order valence-corrected chi connectivity index (χ4v) is 6.00. The van der Waals surface area contributed by atoms with E-state index in [2.05, 4.69) is 4.90 Å². The Hall–Kier alpha value is -2.40. The number of nitrogens with two attached hydrogens (primary N) is 1. The van der Waals surface area contributed by atoms with Crippen molar-refractivity contribution in [2.75, 3.05) is 18.6 Å². The maximum absolute atomic E-state index is 13.3. The number of hydrogen-bond acceptors (Lipinski definition) is 8. The summed E-state index contributed by atoms with van der Waals surface area (Å²) in [6.45, 7) is 5.04. The maximum Gasteiger partial charge on any atom is 0.283 e. The van der Waals surface area contributed by atoms with E-state index in [9.17, 15) is 9.59 Å². The highest BCUT2D eigenvalue weighted by molar-refractivity contribution is 8.30. The predicted molar refractivity (Wildman–Crippen MR) is 127 cm³/mol. The second kappa shape index (κ2) is 8.03. The third-order valence-corrected chi connectivity index (χ3v) is 7.70. The van der Waals surface area contributed by atoms with Gasteiger partial charge in [0.2, 0.25) is 0 Å². The molecule has 1 aromatic heterocycles. The number of amides is 1. The van der Waals surface area contributed by atoms with E-state index in [4.69, 9.17) is 22.8 Å². The Kier molecular flexibility index (Phi) is 5.58. The van der Waals surface area contributed by atoms with E-state index in [1.54, 1.807) is 11.7 Å². The van der Waals surface area contributed by atoms with Gasteiger partial charge in [0.1, 0.15) is 19.8 Å².